The van der Waals surface area contributed by atoms with Crippen molar-refractivity contribution in [2.24, 2.45) is 0 Å². The van der Waals surface area contributed by atoms with Crippen molar-refractivity contribution in [2.75, 3.05) is 5.73 Å². The molecule has 5 heteroatoms. The lowest BCUT2D eigenvalue weighted by Gasteiger charge is -2.08. The van der Waals surface area contributed by atoms with Crippen molar-refractivity contribution in [3.05, 3.63) is 57.0 Å². The van der Waals surface area contributed by atoms with Gasteiger partial charge in [0, 0.05) is 15.2 Å². The van der Waals surface area contributed by atoms with Crippen molar-refractivity contribution in [2.45, 2.75) is 17.6 Å². The highest BCUT2D eigenvalue weighted by Crippen LogP contribution is 2.26. The monoisotopic (exact) mass is 357 g/mol. The summed E-state index contributed by atoms with van der Waals surface area (Å²) in [6.45, 7) is 1.95. The van der Waals surface area contributed by atoms with E-state index in [1.54, 1.807) is 12.1 Å². The molecule has 0 aliphatic rings. The number of anilines is 1. The zero-order valence-electron chi connectivity index (χ0n) is 10.3. The van der Waals surface area contributed by atoms with E-state index in [9.17, 15) is 4.21 Å². The van der Waals surface area contributed by atoms with Crippen LogP contribution in [-0.2, 0) is 16.6 Å². The zero-order valence-corrected chi connectivity index (χ0v) is 13.5. The van der Waals surface area contributed by atoms with Gasteiger partial charge in [-0.25, -0.2) is 0 Å². The van der Waals surface area contributed by atoms with E-state index in [1.165, 1.54) is 0 Å². The summed E-state index contributed by atoms with van der Waals surface area (Å²) in [5.41, 5.74) is 8.32. The molecular weight excluding hydrogens is 346 g/mol. The molecule has 19 heavy (non-hydrogen) atoms. The van der Waals surface area contributed by atoms with Crippen LogP contribution in [0.2, 0.25) is 5.02 Å². The standard InChI is InChI=1S/C14H13BrClNOS/c1-9-2-5-13(17)14(6-9)19(18)8-10-3-4-11(15)7-12(10)16/h2-7H,8,17H2,1H3. The van der Waals surface area contributed by atoms with Crippen LogP contribution in [0.1, 0.15) is 11.1 Å². The van der Waals surface area contributed by atoms with Gasteiger partial charge in [0.2, 0.25) is 0 Å². The van der Waals surface area contributed by atoms with Crippen molar-refractivity contribution in [1.29, 1.82) is 0 Å². The van der Waals surface area contributed by atoms with Crippen LogP contribution in [0.15, 0.2) is 45.8 Å². The molecule has 0 fully saturated rings. The van der Waals surface area contributed by atoms with Gasteiger partial charge < -0.3 is 5.73 Å². The Morgan fingerprint density at radius 1 is 1.26 bits per heavy atom. The average Bonchev–Trinajstić information content (AvgIpc) is 2.35. The SMILES string of the molecule is Cc1ccc(N)c(S(=O)Cc2ccc(Br)cc2Cl)c1. The molecule has 0 saturated heterocycles. The van der Waals surface area contributed by atoms with Crippen molar-refractivity contribution in [1.82, 2.24) is 0 Å². The third-order valence-corrected chi connectivity index (χ3v) is 4.98. The van der Waals surface area contributed by atoms with Crippen molar-refractivity contribution in [3.63, 3.8) is 0 Å². The van der Waals surface area contributed by atoms with Gasteiger partial charge in [0.05, 0.1) is 21.4 Å². The van der Waals surface area contributed by atoms with Gasteiger partial charge in [-0.15, -0.1) is 0 Å². The summed E-state index contributed by atoms with van der Waals surface area (Å²) in [5.74, 6) is 0.361. The number of hydrogen-bond donors (Lipinski definition) is 1. The number of hydrogen-bond acceptors (Lipinski definition) is 2. The Morgan fingerprint density at radius 2 is 2.00 bits per heavy atom. The summed E-state index contributed by atoms with van der Waals surface area (Å²) in [6, 6.07) is 11.1. The summed E-state index contributed by atoms with van der Waals surface area (Å²) in [7, 11) is -1.20. The second-order valence-corrected chi connectivity index (χ2v) is 7.01. The van der Waals surface area contributed by atoms with Crippen molar-refractivity contribution in [3.8, 4) is 0 Å². The van der Waals surface area contributed by atoms with E-state index >= 15 is 0 Å². The molecule has 0 amide bonds. The Labute approximate surface area is 128 Å². The summed E-state index contributed by atoms with van der Waals surface area (Å²) >= 11 is 9.48. The van der Waals surface area contributed by atoms with Gasteiger partial charge in [0.25, 0.3) is 0 Å². The van der Waals surface area contributed by atoms with Gasteiger partial charge >= 0.3 is 0 Å². The van der Waals surface area contributed by atoms with Crippen LogP contribution < -0.4 is 5.73 Å². The number of rotatable bonds is 3. The maximum atomic E-state index is 12.4. The largest absolute Gasteiger partial charge is 0.398 e. The Hall–Kier alpha value is -0.840. The lowest BCUT2D eigenvalue weighted by atomic mass is 10.2. The molecule has 0 aliphatic heterocycles. The van der Waals surface area contributed by atoms with Crippen LogP contribution in [0.3, 0.4) is 0 Å². The third-order valence-electron chi connectivity index (χ3n) is 2.72. The lowest BCUT2D eigenvalue weighted by molar-refractivity contribution is 0.683. The van der Waals surface area contributed by atoms with E-state index in [1.807, 2.05) is 31.2 Å². The molecule has 2 aromatic carbocycles. The fourth-order valence-electron chi connectivity index (χ4n) is 1.70. The minimum atomic E-state index is -1.20. The average molecular weight is 359 g/mol. The van der Waals surface area contributed by atoms with E-state index in [4.69, 9.17) is 17.3 Å². The molecule has 0 spiro atoms. The molecule has 100 valence electrons. The summed E-state index contributed by atoms with van der Waals surface area (Å²) < 4.78 is 13.3. The van der Waals surface area contributed by atoms with Gasteiger partial charge in [-0.2, -0.15) is 0 Å². The van der Waals surface area contributed by atoms with Gasteiger partial charge in [-0.05, 0) is 42.3 Å². The summed E-state index contributed by atoms with van der Waals surface area (Å²) in [4.78, 5) is 0.666. The Balaban J connectivity index is 2.28. The number of halogens is 2. The number of benzene rings is 2. The van der Waals surface area contributed by atoms with Gasteiger partial charge in [-0.1, -0.05) is 39.7 Å². The first-order valence-corrected chi connectivity index (χ1v) is 8.15. The fraction of sp³-hybridized carbons (Fsp3) is 0.143. The first kappa shape index (κ1) is 14.6. The van der Waals surface area contributed by atoms with E-state index in [0.29, 0.717) is 21.4 Å². The lowest BCUT2D eigenvalue weighted by Crippen LogP contribution is -2.02. The van der Waals surface area contributed by atoms with Crippen LogP contribution in [0.4, 0.5) is 5.69 Å². The zero-order chi connectivity index (χ0) is 14.0. The summed E-state index contributed by atoms with van der Waals surface area (Å²) in [6.07, 6.45) is 0. The Morgan fingerprint density at radius 3 is 2.68 bits per heavy atom. The molecule has 2 aromatic rings. The Bertz CT molecular complexity index is 645. The normalized spacial score (nSPS) is 12.4. The van der Waals surface area contributed by atoms with Crippen LogP contribution in [-0.4, -0.2) is 4.21 Å². The van der Waals surface area contributed by atoms with Crippen LogP contribution >= 0.6 is 27.5 Å². The first-order chi connectivity index (χ1) is 8.97. The predicted octanol–water partition coefficient (Wildman–Crippen LogP) is 4.30. The molecule has 0 aromatic heterocycles. The van der Waals surface area contributed by atoms with Crippen LogP contribution in [0.5, 0.6) is 0 Å². The molecule has 1 unspecified atom stereocenters. The maximum absolute atomic E-state index is 12.4. The molecule has 2 N–H and O–H groups in total. The fourth-order valence-corrected chi connectivity index (χ4v) is 3.85. The number of nitrogen functional groups attached to an aromatic ring is 1. The third kappa shape index (κ3) is 3.59. The van der Waals surface area contributed by atoms with Gasteiger partial charge in [0.1, 0.15) is 0 Å². The van der Waals surface area contributed by atoms with E-state index in [2.05, 4.69) is 15.9 Å². The second kappa shape index (κ2) is 6.07. The molecule has 2 rings (SSSR count). The smallest absolute Gasteiger partial charge is 0.0623 e. The molecule has 1 atom stereocenters. The minimum absolute atomic E-state index is 0.361. The van der Waals surface area contributed by atoms with Crippen LogP contribution in [0.25, 0.3) is 0 Å². The van der Waals surface area contributed by atoms with Crippen molar-refractivity contribution >= 4 is 44.0 Å². The summed E-state index contributed by atoms with van der Waals surface area (Å²) in [5, 5.41) is 0.606. The number of aryl methyl sites for hydroxylation is 1. The van der Waals surface area contributed by atoms with Crippen molar-refractivity contribution < 1.29 is 4.21 Å². The highest BCUT2D eigenvalue weighted by Gasteiger charge is 2.11. The molecular formula is C14H13BrClNOS. The topological polar surface area (TPSA) is 43.1 Å². The highest BCUT2D eigenvalue weighted by atomic mass is 79.9. The minimum Gasteiger partial charge on any atom is -0.398 e. The quantitative estimate of drug-likeness (QED) is 0.831. The second-order valence-electron chi connectivity index (χ2n) is 4.27. The van der Waals surface area contributed by atoms with E-state index in [-0.39, 0.29) is 0 Å². The number of nitrogens with two attached hydrogens (primary N) is 1. The van der Waals surface area contributed by atoms with E-state index < -0.39 is 10.8 Å². The Kier molecular flexibility index (Phi) is 4.66. The molecule has 0 radical (unpaired) electrons. The molecule has 0 aliphatic carbocycles. The maximum Gasteiger partial charge on any atom is 0.0623 e. The highest BCUT2D eigenvalue weighted by molar-refractivity contribution is 9.10. The van der Waals surface area contributed by atoms with Crippen LogP contribution in [0, 0.1) is 6.92 Å². The molecule has 0 bridgehead atoms. The predicted molar refractivity (Wildman–Crippen MR) is 84.9 cm³/mol. The molecule has 2 nitrogen and oxygen atoms in total. The van der Waals surface area contributed by atoms with Gasteiger partial charge in [0.15, 0.2) is 0 Å². The van der Waals surface area contributed by atoms with E-state index in [0.717, 1.165) is 15.6 Å². The molecule has 0 heterocycles. The first-order valence-electron chi connectivity index (χ1n) is 5.66. The molecule has 0 saturated carbocycles. The van der Waals surface area contributed by atoms with Gasteiger partial charge in [-0.3, -0.25) is 4.21 Å².